The number of nitrogens with one attached hydrogen (secondary N) is 1. The second-order valence-electron chi connectivity index (χ2n) is 4.19. The molecule has 3 N–H and O–H groups in total. The van der Waals surface area contributed by atoms with E-state index in [0.29, 0.717) is 0 Å². The monoisotopic (exact) mass is 184 g/mol. The highest BCUT2D eigenvalue weighted by Crippen LogP contribution is 2.25. The molecule has 1 aliphatic carbocycles. The lowest BCUT2D eigenvalue weighted by Gasteiger charge is -2.26. The number of carbonyl (C=O) groups excluding carboxylic acids is 1. The fourth-order valence-electron chi connectivity index (χ4n) is 1.34. The number of hydrogen-bond acceptors (Lipinski definition) is 2. The van der Waals surface area contributed by atoms with Gasteiger partial charge < -0.3 is 11.1 Å². The van der Waals surface area contributed by atoms with E-state index < -0.39 is 0 Å². The third kappa shape index (κ3) is 2.99. The first kappa shape index (κ1) is 10.5. The summed E-state index contributed by atoms with van der Waals surface area (Å²) in [6.07, 6.45) is 3.86. The predicted molar refractivity (Wildman–Crippen MR) is 53.2 cm³/mol. The molecule has 3 heteroatoms. The van der Waals surface area contributed by atoms with Crippen LogP contribution < -0.4 is 11.1 Å². The lowest BCUT2D eigenvalue weighted by Crippen LogP contribution is -2.41. The molecule has 0 bridgehead atoms. The van der Waals surface area contributed by atoms with Crippen LogP contribution in [0.25, 0.3) is 0 Å². The van der Waals surface area contributed by atoms with Crippen molar-refractivity contribution in [1.29, 1.82) is 0 Å². The minimum atomic E-state index is -0.0694. The third-order valence-electron chi connectivity index (χ3n) is 2.99. The van der Waals surface area contributed by atoms with Crippen LogP contribution in [0, 0.1) is 11.8 Å². The molecule has 1 fully saturated rings. The van der Waals surface area contributed by atoms with E-state index in [1.54, 1.807) is 0 Å². The maximum atomic E-state index is 11.4. The van der Waals surface area contributed by atoms with Gasteiger partial charge in [0.1, 0.15) is 0 Å². The lowest BCUT2D eigenvalue weighted by molar-refractivity contribution is -0.125. The maximum absolute atomic E-state index is 11.4. The van der Waals surface area contributed by atoms with Crippen LogP contribution >= 0.6 is 0 Å². The molecule has 76 valence electrons. The molecule has 0 aliphatic heterocycles. The zero-order valence-corrected chi connectivity index (χ0v) is 8.55. The van der Waals surface area contributed by atoms with Gasteiger partial charge in [-0.2, -0.15) is 0 Å². The Morgan fingerprint density at radius 2 is 2.15 bits per heavy atom. The zero-order chi connectivity index (χ0) is 9.84. The number of nitrogens with two attached hydrogens (primary N) is 1. The van der Waals surface area contributed by atoms with E-state index in [4.69, 9.17) is 5.73 Å². The summed E-state index contributed by atoms with van der Waals surface area (Å²) in [5.74, 6) is 0.756. The second-order valence-corrected chi connectivity index (χ2v) is 4.19. The average molecular weight is 184 g/mol. The molecule has 0 radical (unpaired) electrons. The summed E-state index contributed by atoms with van der Waals surface area (Å²) in [5.41, 5.74) is 5.63. The van der Waals surface area contributed by atoms with Crippen molar-refractivity contribution in [2.45, 2.75) is 39.2 Å². The molecule has 0 aromatic rings. The van der Waals surface area contributed by atoms with Gasteiger partial charge in [0.15, 0.2) is 0 Å². The average Bonchev–Trinajstić information content (AvgIpc) is 1.99. The maximum Gasteiger partial charge on any atom is 0.224 e. The summed E-state index contributed by atoms with van der Waals surface area (Å²) < 4.78 is 0. The van der Waals surface area contributed by atoms with E-state index in [1.165, 1.54) is 19.3 Å². The van der Waals surface area contributed by atoms with Gasteiger partial charge in [0.05, 0.1) is 0 Å². The molecule has 1 amide bonds. The molecule has 1 rings (SSSR count). The van der Waals surface area contributed by atoms with Crippen LogP contribution in [-0.2, 0) is 4.79 Å². The van der Waals surface area contributed by atoms with Crippen LogP contribution in [0.4, 0.5) is 0 Å². The summed E-state index contributed by atoms with van der Waals surface area (Å²) >= 11 is 0. The zero-order valence-electron chi connectivity index (χ0n) is 8.55. The summed E-state index contributed by atoms with van der Waals surface area (Å²) in [4.78, 5) is 11.4. The SMILES string of the molecule is CC(N)C(C)C(=O)NCC1CCC1. The van der Waals surface area contributed by atoms with E-state index in [0.717, 1.165) is 12.5 Å². The topological polar surface area (TPSA) is 55.1 Å². The molecule has 13 heavy (non-hydrogen) atoms. The van der Waals surface area contributed by atoms with Crippen LogP contribution in [0.15, 0.2) is 0 Å². The minimum absolute atomic E-state index is 0.0543. The van der Waals surface area contributed by atoms with Gasteiger partial charge in [-0.1, -0.05) is 13.3 Å². The third-order valence-corrected chi connectivity index (χ3v) is 2.99. The molecule has 0 heterocycles. The summed E-state index contributed by atoms with van der Waals surface area (Å²) in [6, 6.07) is -0.0543. The first-order chi connectivity index (χ1) is 6.11. The van der Waals surface area contributed by atoms with Gasteiger partial charge in [-0.25, -0.2) is 0 Å². The van der Waals surface area contributed by atoms with Crippen molar-refractivity contribution in [2.75, 3.05) is 6.54 Å². The molecule has 1 aliphatic rings. The van der Waals surface area contributed by atoms with Crippen molar-refractivity contribution in [3.8, 4) is 0 Å². The molecule has 3 nitrogen and oxygen atoms in total. The van der Waals surface area contributed by atoms with E-state index in [2.05, 4.69) is 5.32 Å². The Morgan fingerprint density at radius 3 is 2.54 bits per heavy atom. The van der Waals surface area contributed by atoms with Gasteiger partial charge in [-0.05, 0) is 25.7 Å². The summed E-state index contributed by atoms with van der Waals surface area (Å²) in [6.45, 7) is 4.59. The molecule has 0 aromatic heterocycles. The molecule has 0 aromatic carbocycles. The minimum Gasteiger partial charge on any atom is -0.356 e. The Labute approximate surface area is 80.1 Å². The molecular formula is C10H20N2O. The van der Waals surface area contributed by atoms with Crippen LogP contribution in [0.3, 0.4) is 0 Å². The summed E-state index contributed by atoms with van der Waals surface area (Å²) in [5, 5.41) is 2.95. The van der Waals surface area contributed by atoms with Crippen molar-refractivity contribution in [2.24, 2.45) is 17.6 Å². The number of hydrogen-bond donors (Lipinski definition) is 2. The first-order valence-corrected chi connectivity index (χ1v) is 5.14. The van der Waals surface area contributed by atoms with Gasteiger partial charge in [-0.15, -0.1) is 0 Å². The van der Waals surface area contributed by atoms with Crippen LogP contribution in [0.1, 0.15) is 33.1 Å². The van der Waals surface area contributed by atoms with Gasteiger partial charge in [0, 0.05) is 18.5 Å². The highest BCUT2D eigenvalue weighted by Gasteiger charge is 2.21. The number of amides is 1. The molecule has 2 atom stereocenters. The predicted octanol–water partition coefficient (Wildman–Crippen LogP) is 0.886. The molecule has 1 saturated carbocycles. The van der Waals surface area contributed by atoms with Crippen LogP contribution in [0.2, 0.25) is 0 Å². The van der Waals surface area contributed by atoms with Crippen molar-refractivity contribution >= 4 is 5.91 Å². The number of rotatable bonds is 4. The highest BCUT2D eigenvalue weighted by molar-refractivity contribution is 5.78. The smallest absolute Gasteiger partial charge is 0.224 e. The van der Waals surface area contributed by atoms with Crippen molar-refractivity contribution in [3.63, 3.8) is 0 Å². The molecule has 0 spiro atoms. The van der Waals surface area contributed by atoms with Gasteiger partial charge in [0.25, 0.3) is 0 Å². The standard InChI is InChI=1S/C10H20N2O/c1-7(8(2)11)10(13)12-6-9-4-3-5-9/h7-9H,3-6,11H2,1-2H3,(H,12,13). The Morgan fingerprint density at radius 1 is 1.54 bits per heavy atom. The Kier molecular flexibility index (Phi) is 3.72. The van der Waals surface area contributed by atoms with E-state index in [9.17, 15) is 4.79 Å². The highest BCUT2D eigenvalue weighted by atomic mass is 16.1. The Bertz CT molecular complexity index is 176. The first-order valence-electron chi connectivity index (χ1n) is 5.14. The summed E-state index contributed by atoms with van der Waals surface area (Å²) in [7, 11) is 0. The molecule has 2 unspecified atom stereocenters. The van der Waals surface area contributed by atoms with E-state index >= 15 is 0 Å². The Hall–Kier alpha value is -0.570. The van der Waals surface area contributed by atoms with E-state index in [1.807, 2.05) is 13.8 Å². The van der Waals surface area contributed by atoms with Crippen molar-refractivity contribution < 1.29 is 4.79 Å². The van der Waals surface area contributed by atoms with Gasteiger partial charge in [-0.3, -0.25) is 4.79 Å². The van der Waals surface area contributed by atoms with Crippen LogP contribution in [-0.4, -0.2) is 18.5 Å². The normalized spacial score (nSPS) is 21.8. The van der Waals surface area contributed by atoms with Crippen molar-refractivity contribution in [3.05, 3.63) is 0 Å². The van der Waals surface area contributed by atoms with Crippen molar-refractivity contribution in [1.82, 2.24) is 5.32 Å². The lowest BCUT2D eigenvalue weighted by atomic mass is 9.85. The number of carbonyl (C=O) groups is 1. The van der Waals surface area contributed by atoms with Gasteiger partial charge >= 0.3 is 0 Å². The fraction of sp³-hybridized carbons (Fsp3) is 0.900. The fourth-order valence-corrected chi connectivity index (χ4v) is 1.34. The Balaban J connectivity index is 2.16. The molecule has 0 saturated heterocycles. The van der Waals surface area contributed by atoms with Gasteiger partial charge in [0.2, 0.25) is 5.91 Å². The van der Waals surface area contributed by atoms with Crippen LogP contribution in [0.5, 0.6) is 0 Å². The quantitative estimate of drug-likeness (QED) is 0.681. The van der Waals surface area contributed by atoms with E-state index in [-0.39, 0.29) is 17.9 Å². The largest absolute Gasteiger partial charge is 0.356 e. The molecular weight excluding hydrogens is 164 g/mol. The second kappa shape index (κ2) is 4.61.